The molecule has 0 bridgehead atoms. The van der Waals surface area contributed by atoms with Crippen molar-refractivity contribution in [1.82, 2.24) is 10.6 Å². The third-order valence-corrected chi connectivity index (χ3v) is 3.94. The highest BCUT2D eigenvalue weighted by Gasteiger charge is 2.32. The highest BCUT2D eigenvalue weighted by molar-refractivity contribution is 8.15. The van der Waals surface area contributed by atoms with Gasteiger partial charge in [-0.2, -0.15) is 5.10 Å². The fourth-order valence-corrected chi connectivity index (χ4v) is 2.67. The Morgan fingerprint density at radius 3 is 2.83 bits per heavy atom. The largest absolute Gasteiger partial charge is 0.507 e. The summed E-state index contributed by atoms with van der Waals surface area (Å²) in [6, 6.07) is 6.55. The minimum Gasteiger partial charge on any atom is -0.507 e. The Kier molecular flexibility index (Phi) is 5.90. The first-order valence-electron chi connectivity index (χ1n) is 6.80. The molecule has 2 rings (SSSR count). The number of amidine groups is 1. The number of carboxylic acid groups (broad SMARTS) is 1. The third kappa shape index (κ3) is 5.09. The first kappa shape index (κ1) is 17.5. The lowest BCUT2D eigenvalue weighted by Crippen LogP contribution is -2.33. The van der Waals surface area contributed by atoms with Gasteiger partial charge in [0.05, 0.1) is 6.21 Å². The number of amides is 2. The summed E-state index contributed by atoms with van der Waals surface area (Å²) >= 11 is 1.03. The van der Waals surface area contributed by atoms with Crippen LogP contribution < -0.4 is 10.6 Å². The minimum atomic E-state index is -1.16. The van der Waals surface area contributed by atoms with Crippen molar-refractivity contribution in [2.75, 3.05) is 6.54 Å². The quantitative estimate of drug-likeness (QED) is 0.417. The van der Waals surface area contributed by atoms with E-state index in [4.69, 9.17) is 5.11 Å². The monoisotopic (exact) mass is 350 g/mol. The number of phenols is 1. The van der Waals surface area contributed by atoms with Crippen LogP contribution in [0.2, 0.25) is 0 Å². The Labute approximate surface area is 140 Å². The molecule has 1 aliphatic heterocycles. The van der Waals surface area contributed by atoms with Gasteiger partial charge in [-0.05, 0) is 12.1 Å². The van der Waals surface area contributed by atoms with E-state index in [1.807, 2.05) is 0 Å². The Morgan fingerprint density at radius 2 is 2.12 bits per heavy atom. The Morgan fingerprint density at radius 1 is 1.38 bits per heavy atom. The van der Waals surface area contributed by atoms with Crippen molar-refractivity contribution in [3.63, 3.8) is 0 Å². The van der Waals surface area contributed by atoms with Crippen molar-refractivity contribution in [2.24, 2.45) is 10.2 Å². The fraction of sp³-hybridized carbons (Fsp3) is 0.214. The number of para-hydroxylation sites is 1. The van der Waals surface area contributed by atoms with Crippen molar-refractivity contribution in [1.29, 1.82) is 0 Å². The van der Waals surface area contributed by atoms with Crippen LogP contribution >= 0.6 is 11.8 Å². The van der Waals surface area contributed by atoms with Gasteiger partial charge in [0, 0.05) is 12.0 Å². The van der Waals surface area contributed by atoms with Crippen LogP contribution in [0.5, 0.6) is 5.75 Å². The van der Waals surface area contributed by atoms with Crippen LogP contribution in [0.4, 0.5) is 0 Å². The summed E-state index contributed by atoms with van der Waals surface area (Å²) in [4.78, 5) is 33.6. The van der Waals surface area contributed by atoms with Crippen molar-refractivity contribution >= 4 is 40.9 Å². The summed E-state index contributed by atoms with van der Waals surface area (Å²) in [5.74, 6) is -2.05. The van der Waals surface area contributed by atoms with Gasteiger partial charge in [-0.3, -0.25) is 14.4 Å². The molecule has 0 unspecified atom stereocenters. The molecule has 1 fully saturated rings. The average molecular weight is 350 g/mol. The standard InChI is InChI=1S/C14H14N4O5S/c19-9-4-2-1-3-8(9)6-16-18-14-17-13(23)10(24-14)5-11(20)15-7-12(21)22/h1-4,6,10,19H,5,7H2,(H,15,20)(H,21,22)(H,17,18,23)/b16-6-/t10-/m1/s1. The van der Waals surface area contributed by atoms with E-state index in [1.165, 1.54) is 12.3 Å². The number of aromatic hydroxyl groups is 1. The summed E-state index contributed by atoms with van der Waals surface area (Å²) in [6.45, 7) is -0.496. The molecule has 1 aromatic rings. The van der Waals surface area contributed by atoms with Crippen LogP contribution in [0.15, 0.2) is 34.5 Å². The van der Waals surface area contributed by atoms with Gasteiger partial charge in [0.25, 0.3) is 0 Å². The maximum absolute atomic E-state index is 11.7. The van der Waals surface area contributed by atoms with E-state index >= 15 is 0 Å². The van der Waals surface area contributed by atoms with Gasteiger partial charge < -0.3 is 20.8 Å². The summed E-state index contributed by atoms with van der Waals surface area (Å²) in [5.41, 5.74) is 0.473. The second-order valence-corrected chi connectivity index (χ2v) is 5.87. The zero-order valence-electron chi connectivity index (χ0n) is 12.3. The van der Waals surface area contributed by atoms with Crippen LogP contribution in [0, 0.1) is 0 Å². The van der Waals surface area contributed by atoms with E-state index in [1.54, 1.807) is 18.2 Å². The van der Waals surface area contributed by atoms with E-state index in [-0.39, 0.29) is 17.3 Å². The molecule has 24 heavy (non-hydrogen) atoms. The lowest BCUT2D eigenvalue weighted by molar-refractivity contribution is -0.137. The van der Waals surface area contributed by atoms with E-state index in [9.17, 15) is 19.5 Å². The van der Waals surface area contributed by atoms with Gasteiger partial charge in [0.15, 0.2) is 5.17 Å². The number of nitrogens with zero attached hydrogens (tertiary/aromatic N) is 2. The highest BCUT2D eigenvalue weighted by atomic mass is 32.2. The van der Waals surface area contributed by atoms with E-state index in [2.05, 4.69) is 20.8 Å². The number of hydrogen-bond donors (Lipinski definition) is 4. The van der Waals surface area contributed by atoms with E-state index in [0.29, 0.717) is 5.56 Å². The number of carbonyl (C=O) groups is 3. The van der Waals surface area contributed by atoms with Crippen molar-refractivity contribution in [3.8, 4) is 5.75 Å². The Bertz CT molecular complexity index is 719. The maximum atomic E-state index is 11.7. The number of rotatable bonds is 6. The van der Waals surface area contributed by atoms with Gasteiger partial charge in [-0.15, -0.1) is 5.10 Å². The predicted molar refractivity (Wildman–Crippen MR) is 87.9 cm³/mol. The second-order valence-electron chi connectivity index (χ2n) is 4.68. The molecular weight excluding hydrogens is 336 g/mol. The van der Waals surface area contributed by atoms with Crippen molar-refractivity contribution in [3.05, 3.63) is 29.8 Å². The van der Waals surface area contributed by atoms with Crippen LogP contribution in [-0.4, -0.2) is 51.2 Å². The van der Waals surface area contributed by atoms with Gasteiger partial charge in [-0.1, -0.05) is 23.9 Å². The molecule has 1 aliphatic rings. The Hall–Kier alpha value is -2.88. The number of aliphatic carboxylic acids is 1. The lowest BCUT2D eigenvalue weighted by atomic mass is 10.2. The van der Waals surface area contributed by atoms with E-state index in [0.717, 1.165) is 11.8 Å². The average Bonchev–Trinajstić information content (AvgIpc) is 2.87. The number of nitrogens with one attached hydrogen (secondary N) is 2. The fourth-order valence-electron chi connectivity index (χ4n) is 1.74. The molecule has 0 aliphatic carbocycles. The normalized spacial score (nSPS) is 18.8. The first-order valence-corrected chi connectivity index (χ1v) is 7.68. The molecule has 0 radical (unpaired) electrons. The molecule has 2 amide bonds. The number of hydrogen-bond acceptors (Lipinski definition) is 7. The zero-order valence-corrected chi connectivity index (χ0v) is 13.1. The molecule has 4 N–H and O–H groups in total. The van der Waals surface area contributed by atoms with Crippen LogP contribution in [-0.2, 0) is 14.4 Å². The summed E-state index contributed by atoms with van der Waals surface area (Å²) < 4.78 is 0. The first-order chi connectivity index (χ1) is 11.5. The molecular formula is C14H14N4O5S. The van der Waals surface area contributed by atoms with Gasteiger partial charge in [0.2, 0.25) is 11.8 Å². The molecule has 1 saturated heterocycles. The molecule has 1 heterocycles. The summed E-state index contributed by atoms with van der Waals surface area (Å²) in [7, 11) is 0. The van der Waals surface area contributed by atoms with Crippen LogP contribution in [0.1, 0.15) is 12.0 Å². The molecule has 9 nitrogen and oxygen atoms in total. The number of thioether (sulfide) groups is 1. The molecule has 0 spiro atoms. The van der Waals surface area contributed by atoms with Gasteiger partial charge >= 0.3 is 5.97 Å². The zero-order chi connectivity index (χ0) is 17.5. The topological polar surface area (TPSA) is 140 Å². The highest BCUT2D eigenvalue weighted by Crippen LogP contribution is 2.22. The molecule has 0 saturated carbocycles. The van der Waals surface area contributed by atoms with E-state index < -0.39 is 29.6 Å². The molecule has 10 heteroatoms. The summed E-state index contributed by atoms with van der Waals surface area (Å²) in [6.07, 6.45) is 1.17. The molecule has 0 aromatic heterocycles. The van der Waals surface area contributed by atoms with Gasteiger partial charge in [-0.25, -0.2) is 0 Å². The SMILES string of the molecule is O=C(O)CNC(=O)C[C@H]1S/C(=N\N=C/c2ccccc2O)NC1=O. The van der Waals surface area contributed by atoms with Crippen LogP contribution in [0.25, 0.3) is 0 Å². The number of benzene rings is 1. The predicted octanol–water partition coefficient (Wildman–Crippen LogP) is -0.0954. The lowest BCUT2D eigenvalue weighted by Gasteiger charge is -2.04. The van der Waals surface area contributed by atoms with Crippen molar-refractivity contribution in [2.45, 2.75) is 11.7 Å². The smallest absolute Gasteiger partial charge is 0.322 e. The molecule has 1 aromatic carbocycles. The number of phenolic OH excluding ortho intramolecular Hbond substituents is 1. The molecule has 126 valence electrons. The van der Waals surface area contributed by atoms with Gasteiger partial charge in [0.1, 0.15) is 17.5 Å². The summed E-state index contributed by atoms with van der Waals surface area (Å²) in [5, 5.41) is 29.8. The van der Waals surface area contributed by atoms with Crippen molar-refractivity contribution < 1.29 is 24.6 Å². The maximum Gasteiger partial charge on any atom is 0.322 e. The number of carboxylic acids is 1. The third-order valence-electron chi connectivity index (χ3n) is 2.87. The Balaban J connectivity index is 1.90. The molecule has 1 atom stereocenters. The number of carbonyl (C=O) groups excluding carboxylic acids is 2. The van der Waals surface area contributed by atoms with Crippen LogP contribution in [0.3, 0.4) is 0 Å². The second kappa shape index (κ2) is 8.11. The minimum absolute atomic E-state index is 0.0533.